The largest absolute Gasteiger partial charge is 0.376 e. The Labute approximate surface area is 187 Å². The lowest BCUT2D eigenvalue weighted by molar-refractivity contribution is -0.114. The van der Waals surface area contributed by atoms with Gasteiger partial charge in [-0.1, -0.05) is 23.7 Å². The Balaban J connectivity index is 1.80. The molecule has 0 aliphatic carbocycles. The molecule has 7 nitrogen and oxygen atoms in total. The summed E-state index contributed by atoms with van der Waals surface area (Å²) in [6, 6.07) is 10.7. The van der Waals surface area contributed by atoms with Gasteiger partial charge in [-0.15, -0.1) is 0 Å². The summed E-state index contributed by atoms with van der Waals surface area (Å²) in [6.07, 6.45) is 1.98. The van der Waals surface area contributed by atoms with Crippen LogP contribution in [0.1, 0.15) is 41.3 Å². The van der Waals surface area contributed by atoms with Crippen molar-refractivity contribution >= 4 is 40.7 Å². The lowest BCUT2D eigenvalue weighted by atomic mass is 10.1. The highest BCUT2D eigenvalue weighted by Crippen LogP contribution is 2.23. The quantitative estimate of drug-likeness (QED) is 0.475. The van der Waals surface area contributed by atoms with Crippen molar-refractivity contribution in [1.82, 2.24) is 5.32 Å². The molecule has 1 atom stereocenters. The third kappa shape index (κ3) is 6.54. The van der Waals surface area contributed by atoms with Gasteiger partial charge in [0.2, 0.25) is 11.9 Å². The Kier molecular flexibility index (Phi) is 7.65. The molecular weight excluding hydrogens is 416 g/mol. The molecule has 1 heterocycles. The third-order valence-electron chi connectivity index (χ3n) is 4.90. The van der Waals surface area contributed by atoms with E-state index in [2.05, 4.69) is 20.9 Å². The van der Waals surface area contributed by atoms with Crippen molar-refractivity contribution in [2.24, 2.45) is 4.99 Å². The highest BCUT2D eigenvalue weighted by molar-refractivity contribution is 6.34. The molecule has 0 saturated carbocycles. The van der Waals surface area contributed by atoms with Gasteiger partial charge in [-0.25, -0.2) is 4.99 Å². The number of halogens is 1. The first kappa shape index (κ1) is 22.8. The molecule has 0 aromatic heterocycles. The molecule has 31 heavy (non-hydrogen) atoms. The van der Waals surface area contributed by atoms with Gasteiger partial charge in [0.1, 0.15) is 0 Å². The van der Waals surface area contributed by atoms with Crippen LogP contribution >= 0.6 is 11.6 Å². The molecule has 1 saturated heterocycles. The molecule has 0 unspecified atom stereocenters. The van der Waals surface area contributed by atoms with Gasteiger partial charge >= 0.3 is 0 Å². The second kappa shape index (κ2) is 10.4. The van der Waals surface area contributed by atoms with E-state index in [1.807, 2.05) is 32.0 Å². The van der Waals surface area contributed by atoms with Crippen LogP contribution in [0.4, 0.5) is 11.4 Å². The number of carbonyl (C=O) groups excluding carboxylic acids is 2. The van der Waals surface area contributed by atoms with Crippen molar-refractivity contribution in [2.75, 3.05) is 23.8 Å². The monoisotopic (exact) mass is 442 g/mol. The summed E-state index contributed by atoms with van der Waals surface area (Å²) in [5.41, 5.74) is 3.52. The molecule has 1 fully saturated rings. The van der Waals surface area contributed by atoms with E-state index in [4.69, 9.17) is 16.3 Å². The number of hydrogen-bond donors (Lipinski definition) is 3. The number of benzene rings is 2. The predicted octanol–water partition coefficient (Wildman–Crippen LogP) is 4.29. The fraction of sp³-hybridized carbons (Fsp3) is 0.348. The van der Waals surface area contributed by atoms with Crippen LogP contribution in [0.3, 0.4) is 0 Å². The van der Waals surface area contributed by atoms with Crippen LogP contribution in [0.15, 0.2) is 41.4 Å². The normalized spacial score (nSPS) is 16.1. The van der Waals surface area contributed by atoms with Crippen molar-refractivity contribution < 1.29 is 14.3 Å². The zero-order chi connectivity index (χ0) is 22.4. The van der Waals surface area contributed by atoms with Crippen LogP contribution in [0.2, 0.25) is 5.02 Å². The minimum Gasteiger partial charge on any atom is -0.376 e. The number of guanidine groups is 1. The molecule has 0 radical (unpaired) electrons. The third-order valence-corrected chi connectivity index (χ3v) is 5.21. The first-order chi connectivity index (χ1) is 14.8. The van der Waals surface area contributed by atoms with Crippen molar-refractivity contribution in [3.8, 4) is 0 Å². The van der Waals surface area contributed by atoms with Gasteiger partial charge in [0, 0.05) is 24.8 Å². The number of ether oxygens (including phenoxy) is 1. The van der Waals surface area contributed by atoms with Crippen LogP contribution in [-0.4, -0.2) is 37.0 Å². The zero-order valence-electron chi connectivity index (χ0n) is 17.9. The second-order valence-electron chi connectivity index (χ2n) is 7.60. The van der Waals surface area contributed by atoms with Crippen molar-refractivity contribution in [1.29, 1.82) is 0 Å². The summed E-state index contributed by atoms with van der Waals surface area (Å²) in [5, 5.41) is 9.21. The van der Waals surface area contributed by atoms with E-state index in [-0.39, 0.29) is 23.9 Å². The maximum absolute atomic E-state index is 12.9. The molecule has 3 rings (SSSR count). The number of aliphatic imine (C=N–C) groups is 1. The number of amides is 2. The van der Waals surface area contributed by atoms with Crippen LogP contribution in [0, 0.1) is 13.8 Å². The first-order valence-corrected chi connectivity index (χ1v) is 10.6. The number of anilines is 2. The minimum atomic E-state index is -0.353. The van der Waals surface area contributed by atoms with E-state index in [1.165, 1.54) is 6.92 Å². The Hall–Kier alpha value is -2.90. The summed E-state index contributed by atoms with van der Waals surface area (Å²) in [5.74, 6) is -0.267. The number of hydrogen-bond acceptors (Lipinski definition) is 4. The fourth-order valence-electron chi connectivity index (χ4n) is 3.21. The van der Waals surface area contributed by atoms with E-state index in [0.717, 1.165) is 30.6 Å². The Morgan fingerprint density at radius 2 is 1.94 bits per heavy atom. The van der Waals surface area contributed by atoms with Gasteiger partial charge in [0.05, 0.1) is 23.4 Å². The summed E-state index contributed by atoms with van der Waals surface area (Å²) >= 11 is 6.35. The molecule has 2 aromatic rings. The predicted molar refractivity (Wildman–Crippen MR) is 124 cm³/mol. The van der Waals surface area contributed by atoms with Crippen LogP contribution in [0.5, 0.6) is 0 Å². The van der Waals surface area contributed by atoms with Gasteiger partial charge < -0.3 is 15.4 Å². The molecule has 2 aromatic carbocycles. The topological polar surface area (TPSA) is 91.8 Å². The standard InChI is InChI=1S/C23H27ClN4O3/c1-14-6-9-20(19(24)11-14)27-23(25-13-18-5-4-10-31-18)28-22(30)17-8-7-15(2)21(12-17)26-16(3)29/h6-9,11-12,18H,4-5,10,13H2,1-3H3,(H,26,29)(H2,25,27,28,30)/t18-/m1/s1. The minimum absolute atomic E-state index is 0.0351. The van der Waals surface area contributed by atoms with Gasteiger partial charge in [0.15, 0.2) is 0 Å². The summed E-state index contributed by atoms with van der Waals surface area (Å²) in [4.78, 5) is 28.9. The van der Waals surface area contributed by atoms with E-state index in [1.54, 1.807) is 18.2 Å². The summed E-state index contributed by atoms with van der Waals surface area (Å²) < 4.78 is 5.63. The van der Waals surface area contributed by atoms with Gasteiger partial charge in [0.25, 0.3) is 5.91 Å². The lowest BCUT2D eigenvalue weighted by Gasteiger charge is -2.15. The average Bonchev–Trinajstić information content (AvgIpc) is 3.23. The highest BCUT2D eigenvalue weighted by atomic mass is 35.5. The molecular formula is C23H27ClN4O3. The number of carbonyl (C=O) groups is 2. The fourth-order valence-corrected chi connectivity index (χ4v) is 3.49. The number of rotatable bonds is 5. The van der Waals surface area contributed by atoms with E-state index in [0.29, 0.717) is 28.5 Å². The first-order valence-electron chi connectivity index (χ1n) is 10.2. The van der Waals surface area contributed by atoms with Crippen molar-refractivity contribution in [3.05, 3.63) is 58.1 Å². The zero-order valence-corrected chi connectivity index (χ0v) is 18.7. The van der Waals surface area contributed by atoms with Crippen molar-refractivity contribution in [2.45, 2.75) is 39.7 Å². The molecule has 164 valence electrons. The van der Waals surface area contributed by atoms with Gasteiger partial charge in [-0.3, -0.25) is 14.9 Å². The maximum Gasteiger partial charge on any atom is 0.258 e. The molecule has 0 bridgehead atoms. The Bertz CT molecular complexity index is 1000. The summed E-state index contributed by atoms with van der Waals surface area (Å²) in [6.45, 7) is 6.40. The molecule has 1 aliphatic rings. The van der Waals surface area contributed by atoms with E-state index in [9.17, 15) is 9.59 Å². The molecule has 2 amide bonds. The van der Waals surface area contributed by atoms with Crippen molar-refractivity contribution in [3.63, 3.8) is 0 Å². The smallest absolute Gasteiger partial charge is 0.258 e. The number of nitrogens with one attached hydrogen (secondary N) is 3. The van der Waals surface area contributed by atoms with E-state index < -0.39 is 0 Å². The van der Waals surface area contributed by atoms with Crippen LogP contribution in [-0.2, 0) is 9.53 Å². The molecule has 3 N–H and O–H groups in total. The maximum atomic E-state index is 12.9. The van der Waals surface area contributed by atoms with Gasteiger partial charge in [-0.05, 0) is 62.1 Å². The van der Waals surface area contributed by atoms with Gasteiger partial charge in [-0.2, -0.15) is 0 Å². The average molecular weight is 443 g/mol. The lowest BCUT2D eigenvalue weighted by Crippen LogP contribution is -2.37. The van der Waals surface area contributed by atoms with E-state index >= 15 is 0 Å². The molecule has 0 spiro atoms. The van der Waals surface area contributed by atoms with Crippen LogP contribution < -0.4 is 16.0 Å². The number of aryl methyl sites for hydroxylation is 2. The Morgan fingerprint density at radius 1 is 1.13 bits per heavy atom. The highest BCUT2D eigenvalue weighted by Gasteiger charge is 2.17. The Morgan fingerprint density at radius 3 is 2.61 bits per heavy atom. The SMILES string of the molecule is CC(=O)Nc1cc(C(=O)NC(=NC[C@H]2CCCO2)Nc2ccc(C)cc2Cl)ccc1C. The molecule has 8 heteroatoms. The van der Waals surface area contributed by atoms with Crippen LogP contribution in [0.25, 0.3) is 0 Å². The molecule has 1 aliphatic heterocycles. The number of nitrogens with zero attached hydrogens (tertiary/aromatic N) is 1. The second-order valence-corrected chi connectivity index (χ2v) is 8.00. The summed E-state index contributed by atoms with van der Waals surface area (Å²) in [7, 11) is 0.